The normalized spacial score (nSPS) is 14.3. The number of halogens is 1. The molecule has 0 aromatic heterocycles. The third kappa shape index (κ3) is 7.10. The second-order valence-corrected chi connectivity index (χ2v) is 8.25. The van der Waals surface area contributed by atoms with E-state index in [-0.39, 0.29) is 6.04 Å². The van der Waals surface area contributed by atoms with Crippen LogP contribution in [0.5, 0.6) is 11.5 Å². The number of nitrogens with one attached hydrogen (secondary N) is 2. The number of nitrogens with zero attached hydrogens (tertiary/aromatic N) is 1. The van der Waals surface area contributed by atoms with Gasteiger partial charge in [-0.15, -0.1) is 0 Å². The van der Waals surface area contributed by atoms with Crippen LogP contribution in [0.2, 0.25) is 0 Å². The van der Waals surface area contributed by atoms with E-state index in [0.717, 1.165) is 35.7 Å². The number of rotatable bonds is 7. The number of benzene rings is 2. The molecule has 0 spiro atoms. The molecule has 8 heteroatoms. The van der Waals surface area contributed by atoms with Gasteiger partial charge in [-0.1, -0.05) is 47.3 Å². The van der Waals surface area contributed by atoms with Crippen LogP contribution in [0, 0.1) is 0 Å². The first-order valence-electron chi connectivity index (χ1n) is 10.2. The van der Waals surface area contributed by atoms with Crippen molar-refractivity contribution in [3.05, 3.63) is 58.1 Å². The van der Waals surface area contributed by atoms with Crippen LogP contribution in [0.4, 0.5) is 0 Å². The molecule has 0 aliphatic heterocycles. The Morgan fingerprint density at radius 2 is 1.81 bits per heavy atom. The van der Waals surface area contributed by atoms with E-state index in [2.05, 4.69) is 31.8 Å². The van der Waals surface area contributed by atoms with Gasteiger partial charge in [0, 0.05) is 10.5 Å². The smallest absolute Gasteiger partial charge is 0.329 e. The highest BCUT2D eigenvalue weighted by molar-refractivity contribution is 9.10. The monoisotopic (exact) mass is 487 g/mol. The van der Waals surface area contributed by atoms with Crippen LogP contribution in [0.15, 0.2) is 52.0 Å². The first-order valence-corrected chi connectivity index (χ1v) is 11.0. The van der Waals surface area contributed by atoms with E-state index < -0.39 is 11.8 Å². The third-order valence-corrected chi connectivity index (χ3v) is 5.55. The average molecular weight is 488 g/mol. The van der Waals surface area contributed by atoms with Crippen LogP contribution in [0.1, 0.15) is 43.2 Å². The zero-order valence-corrected chi connectivity index (χ0v) is 19.0. The van der Waals surface area contributed by atoms with E-state index in [9.17, 15) is 9.59 Å². The summed E-state index contributed by atoms with van der Waals surface area (Å²) in [5.41, 5.74) is 3.99. The van der Waals surface area contributed by atoms with Gasteiger partial charge in [0.1, 0.15) is 6.61 Å². The van der Waals surface area contributed by atoms with Gasteiger partial charge in [0.05, 0.1) is 13.3 Å². The van der Waals surface area contributed by atoms with Gasteiger partial charge in [-0.05, 0) is 54.3 Å². The second-order valence-electron chi connectivity index (χ2n) is 7.33. The molecule has 0 atom stereocenters. The molecule has 31 heavy (non-hydrogen) atoms. The molecule has 0 unspecified atom stereocenters. The molecule has 1 fully saturated rings. The molecule has 1 aliphatic carbocycles. The maximum Gasteiger partial charge on any atom is 0.329 e. The standard InChI is InChI=1S/C23H26BrN3O4/c1-30-21-13-17(9-12-20(21)31-15-16-7-10-18(24)11-8-16)14-25-27-23(29)22(28)26-19-5-3-2-4-6-19/h7-14,19H,2-6,15H2,1H3,(H,26,28)(H,27,29)/b25-14-. The molecule has 2 N–H and O–H groups in total. The summed E-state index contributed by atoms with van der Waals surface area (Å²) in [6.45, 7) is 0.406. The SMILES string of the molecule is COc1cc(/C=N\NC(=O)C(=O)NC2CCCCC2)ccc1OCc1ccc(Br)cc1. The predicted molar refractivity (Wildman–Crippen MR) is 122 cm³/mol. The number of hydrogen-bond donors (Lipinski definition) is 2. The van der Waals surface area contributed by atoms with Gasteiger partial charge in [-0.25, -0.2) is 5.43 Å². The van der Waals surface area contributed by atoms with Crippen molar-refractivity contribution < 1.29 is 19.1 Å². The topological polar surface area (TPSA) is 89.0 Å². The minimum Gasteiger partial charge on any atom is -0.493 e. The van der Waals surface area contributed by atoms with E-state index in [4.69, 9.17) is 9.47 Å². The van der Waals surface area contributed by atoms with Gasteiger partial charge in [-0.3, -0.25) is 9.59 Å². The molecule has 3 rings (SSSR count). The molecule has 0 heterocycles. The maximum absolute atomic E-state index is 12.0. The molecule has 7 nitrogen and oxygen atoms in total. The lowest BCUT2D eigenvalue weighted by Gasteiger charge is -2.22. The van der Waals surface area contributed by atoms with Crippen molar-refractivity contribution in [3.8, 4) is 11.5 Å². The Morgan fingerprint density at radius 3 is 2.52 bits per heavy atom. The highest BCUT2D eigenvalue weighted by atomic mass is 79.9. The summed E-state index contributed by atoms with van der Waals surface area (Å²) in [5, 5.41) is 6.64. The molecule has 2 aromatic rings. The van der Waals surface area contributed by atoms with Gasteiger partial charge in [0.25, 0.3) is 0 Å². The van der Waals surface area contributed by atoms with E-state index >= 15 is 0 Å². The molecule has 2 amide bonds. The summed E-state index contributed by atoms with van der Waals surface area (Å²) < 4.78 is 12.3. The first kappa shape index (κ1) is 22.8. The third-order valence-electron chi connectivity index (χ3n) is 5.02. The average Bonchev–Trinajstić information content (AvgIpc) is 2.79. The van der Waals surface area contributed by atoms with Gasteiger partial charge in [0.2, 0.25) is 0 Å². The van der Waals surface area contributed by atoms with Gasteiger partial charge >= 0.3 is 11.8 Å². The number of hydrazone groups is 1. The van der Waals surface area contributed by atoms with Gasteiger partial charge < -0.3 is 14.8 Å². The van der Waals surface area contributed by atoms with Crippen LogP contribution in [-0.4, -0.2) is 31.2 Å². The van der Waals surface area contributed by atoms with Crippen LogP contribution in [-0.2, 0) is 16.2 Å². The lowest BCUT2D eigenvalue weighted by Crippen LogP contribution is -2.44. The Kier molecular flexibility index (Phi) is 8.46. The Balaban J connectivity index is 1.52. The minimum absolute atomic E-state index is 0.0743. The molecule has 164 valence electrons. The van der Waals surface area contributed by atoms with Crippen LogP contribution in [0.25, 0.3) is 0 Å². The van der Waals surface area contributed by atoms with E-state index in [1.807, 2.05) is 24.3 Å². The fourth-order valence-corrected chi connectivity index (χ4v) is 3.60. The molecular formula is C23H26BrN3O4. The molecule has 1 aliphatic rings. The van der Waals surface area contributed by atoms with Crippen molar-refractivity contribution >= 4 is 34.0 Å². The number of ether oxygens (including phenoxy) is 2. The van der Waals surface area contributed by atoms with Crippen molar-refractivity contribution in [2.45, 2.75) is 44.8 Å². The summed E-state index contributed by atoms with van der Waals surface area (Å²) in [6, 6.07) is 13.3. The Labute approximate surface area is 190 Å². The lowest BCUT2D eigenvalue weighted by atomic mass is 9.95. The predicted octanol–water partition coefficient (Wildman–Crippen LogP) is 3.94. The largest absolute Gasteiger partial charge is 0.493 e. The number of carbonyl (C=O) groups is 2. The quantitative estimate of drug-likeness (QED) is 0.351. The van der Waals surface area contributed by atoms with Crippen LogP contribution < -0.4 is 20.2 Å². The molecular weight excluding hydrogens is 462 g/mol. The van der Waals surface area contributed by atoms with Crippen molar-refractivity contribution in [2.24, 2.45) is 5.10 Å². The van der Waals surface area contributed by atoms with Crippen LogP contribution >= 0.6 is 15.9 Å². The Morgan fingerprint density at radius 1 is 1.06 bits per heavy atom. The van der Waals surface area contributed by atoms with E-state index in [0.29, 0.717) is 23.7 Å². The Hall–Kier alpha value is -2.87. The molecule has 0 saturated heterocycles. The summed E-state index contributed by atoms with van der Waals surface area (Å²) in [7, 11) is 1.56. The van der Waals surface area contributed by atoms with Gasteiger partial charge in [0.15, 0.2) is 11.5 Å². The van der Waals surface area contributed by atoms with Gasteiger partial charge in [-0.2, -0.15) is 5.10 Å². The zero-order valence-electron chi connectivity index (χ0n) is 17.4. The summed E-state index contributed by atoms with van der Waals surface area (Å²) in [4.78, 5) is 23.9. The highest BCUT2D eigenvalue weighted by Gasteiger charge is 2.19. The van der Waals surface area contributed by atoms with Crippen molar-refractivity contribution in [2.75, 3.05) is 7.11 Å². The molecule has 0 bridgehead atoms. The second kappa shape index (κ2) is 11.5. The number of hydrogen-bond acceptors (Lipinski definition) is 5. The lowest BCUT2D eigenvalue weighted by molar-refractivity contribution is -0.139. The fraction of sp³-hybridized carbons (Fsp3) is 0.348. The minimum atomic E-state index is -0.775. The van der Waals surface area contributed by atoms with Crippen molar-refractivity contribution in [1.29, 1.82) is 0 Å². The number of amides is 2. The molecule has 0 radical (unpaired) electrons. The number of carbonyl (C=O) groups excluding carboxylic acids is 2. The van der Waals surface area contributed by atoms with E-state index in [1.165, 1.54) is 12.6 Å². The Bertz CT molecular complexity index is 925. The van der Waals surface area contributed by atoms with Crippen LogP contribution in [0.3, 0.4) is 0 Å². The molecule has 1 saturated carbocycles. The van der Waals surface area contributed by atoms with Crippen molar-refractivity contribution in [1.82, 2.24) is 10.7 Å². The molecule has 2 aromatic carbocycles. The summed E-state index contributed by atoms with van der Waals surface area (Å²) in [5.74, 6) is -0.289. The fourth-order valence-electron chi connectivity index (χ4n) is 3.34. The van der Waals surface area contributed by atoms with E-state index in [1.54, 1.807) is 25.3 Å². The van der Waals surface area contributed by atoms with Crippen molar-refractivity contribution in [3.63, 3.8) is 0 Å². The summed E-state index contributed by atoms with van der Waals surface area (Å²) in [6.07, 6.45) is 6.62. The first-order chi connectivity index (χ1) is 15.0. The highest BCUT2D eigenvalue weighted by Crippen LogP contribution is 2.28. The maximum atomic E-state index is 12.0. The number of methoxy groups -OCH3 is 1. The zero-order chi connectivity index (χ0) is 22.1. The summed E-state index contributed by atoms with van der Waals surface area (Å²) >= 11 is 3.41.